The summed E-state index contributed by atoms with van der Waals surface area (Å²) in [7, 11) is 0. The average molecular weight is 602 g/mol. The number of hydrogen-bond donors (Lipinski definition) is 1. The Morgan fingerprint density at radius 1 is 1.02 bits per heavy atom. The molecule has 10 nitrogen and oxygen atoms in total. The smallest absolute Gasteiger partial charge is 0.319 e. The molecule has 232 valence electrons. The Hall–Kier alpha value is -3.41. The lowest BCUT2D eigenvalue weighted by molar-refractivity contribution is -0.0101. The first-order valence-electron chi connectivity index (χ1n) is 16.2. The summed E-state index contributed by atoms with van der Waals surface area (Å²) in [5.41, 5.74) is 4.37. The van der Waals surface area contributed by atoms with Crippen LogP contribution in [0.3, 0.4) is 0 Å². The molecule has 5 aliphatic heterocycles. The number of pyridine rings is 1. The van der Waals surface area contributed by atoms with E-state index in [1.807, 2.05) is 0 Å². The molecule has 1 aromatic carbocycles. The lowest BCUT2D eigenvalue weighted by Gasteiger charge is -2.34. The summed E-state index contributed by atoms with van der Waals surface area (Å²) in [6.07, 6.45) is 10.5. The van der Waals surface area contributed by atoms with Gasteiger partial charge in [-0.1, -0.05) is 0 Å². The largest absolute Gasteiger partial charge is 0.462 e. The van der Waals surface area contributed by atoms with Crippen LogP contribution in [0.1, 0.15) is 49.7 Å². The van der Waals surface area contributed by atoms with Gasteiger partial charge in [-0.3, -0.25) is 15.0 Å². The van der Waals surface area contributed by atoms with E-state index in [1.165, 1.54) is 0 Å². The first-order chi connectivity index (χ1) is 21.6. The third-order valence-corrected chi connectivity index (χ3v) is 10.1. The van der Waals surface area contributed by atoms with Crippen LogP contribution >= 0.6 is 0 Å². The van der Waals surface area contributed by atoms with E-state index in [0.717, 1.165) is 112 Å². The highest BCUT2D eigenvalue weighted by Gasteiger charge is 2.36. The van der Waals surface area contributed by atoms with Gasteiger partial charge in [0.1, 0.15) is 23.6 Å². The van der Waals surface area contributed by atoms with Gasteiger partial charge in [-0.2, -0.15) is 15.1 Å². The molecule has 0 aliphatic carbocycles. The summed E-state index contributed by atoms with van der Waals surface area (Å²) in [5.74, 6) is 0.633. The average Bonchev–Trinajstić information content (AvgIpc) is 3.68. The predicted molar refractivity (Wildman–Crippen MR) is 166 cm³/mol. The number of nitrogens with zero attached hydrogens (tertiary/aromatic N) is 6. The number of fused-ring (bicyclic) bond motifs is 8. The first kappa shape index (κ1) is 28.1. The lowest BCUT2D eigenvalue weighted by Crippen LogP contribution is -2.46. The molecule has 0 saturated carbocycles. The van der Waals surface area contributed by atoms with Crippen molar-refractivity contribution in [2.45, 2.75) is 64.0 Å². The number of nitrogens with one attached hydrogen (secondary N) is 1. The maximum Gasteiger partial charge on any atom is 0.319 e. The molecule has 8 heterocycles. The highest BCUT2D eigenvalue weighted by molar-refractivity contribution is 5.99. The van der Waals surface area contributed by atoms with Crippen molar-refractivity contribution in [3.8, 4) is 17.3 Å². The van der Waals surface area contributed by atoms with Gasteiger partial charge >= 0.3 is 6.01 Å². The van der Waals surface area contributed by atoms with E-state index in [4.69, 9.17) is 29.2 Å². The van der Waals surface area contributed by atoms with E-state index in [0.29, 0.717) is 42.1 Å². The second-order valence-corrected chi connectivity index (χ2v) is 12.9. The highest BCUT2D eigenvalue weighted by Crippen LogP contribution is 2.39. The summed E-state index contributed by atoms with van der Waals surface area (Å²) in [4.78, 5) is 19.2. The van der Waals surface area contributed by atoms with Crippen molar-refractivity contribution in [1.29, 1.82) is 0 Å². The molecule has 0 spiro atoms. The minimum Gasteiger partial charge on any atom is -0.462 e. The van der Waals surface area contributed by atoms with Crippen LogP contribution in [0, 0.1) is 18.7 Å². The van der Waals surface area contributed by atoms with Crippen LogP contribution in [0.15, 0.2) is 18.5 Å². The number of rotatable bonds is 3. The number of H-pyrrole nitrogens is 1. The number of halogens is 1. The van der Waals surface area contributed by atoms with E-state index >= 15 is 4.39 Å². The summed E-state index contributed by atoms with van der Waals surface area (Å²) >= 11 is 0. The third kappa shape index (κ3) is 5.08. The van der Waals surface area contributed by atoms with Gasteiger partial charge in [0.05, 0.1) is 36.9 Å². The Morgan fingerprint density at radius 3 is 2.91 bits per heavy atom. The molecular weight excluding hydrogens is 561 g/mol. The number of hydrogen-bond acceptors (Lipinski definition) is 9. The van der Waals surface area contributed by atoms with Crippen LogP contribution in [0.2, 0.25) is 0 Å². The molecule has 4 aromatic rings. The zero-order valence-electron chi connectivity index (χ0n) is 25.4. The third-order valence-electron chi connectivity index (χ3n) is 10.1. The van der Waals surface area contributed by atoms with Crippen molar-refractivity contribution in [1.82, 2.24) is 30.0 Å². The summed E-state index contributed by atoms with van der Waals surface area (Å²) in [6, 6.07) is 3.03. The van der Waals surface area contributed by atoms with Crippen molar-refractivity contribution >= 4 is 27.6 Å². The Bertz CT molecular complexity index is 1680. The van der Waals surface area contributed by atoms with Gasteiger partial charge in [-0.15, -0.1) is 0 Å². The van der Waals surface area contributed by atoms with Gasteiger partial charge in [0.2, 0.25) is 0 Å². The lowest BCUT2D eigenvalue weighted by atomic mass is 9.91. The number of anilines is 1. The fourth-order valence-corrected chi connectivity index (χ4v) is 7.81. The number of benzene rings is 1. The molecule has 0 amide bonds. The highest BCUT2D eigenvalue weighted by atomic mass is 19.1. The molecule has 6 bridgehead atoms. The summed E-state index contributed by atoms with van der Waals surface area (Å²) in [5, 5.41) is 8.84. The van der Waals surface area contributed by atoms with E-state index in [1.54, 1.807) is 12.4 Å². The van der Waals surface area contributed by atoms with Crippen molar-refractivity contribution in [2.75, 3.05) is 57.6 Å². The first-order valence-corrected chi connectivity index (χ1v) is 16.2. The van der Waals surface area contributed by atoms with E-state index in [2.05, 4.69) is 33.0 Å². The SMILES string of the molecule is Cc1cc2[nH]ncc2c2c1CCCCOC[C@@H]1CCCN(C1)c1nc(OC[C@@H]3CC[C@H]4COCCN43)nc3c(F)c-2ncc13. The van der Waals surface area contributed by atoms with Crippen molar-refractivity contribution in [2.24, 2.45) is 5.92 Å². The molecule has 3 saturated heterocycles. The Balaban J connectivity index is 1.25. The van der Waals surface area contributed by atoms with Crippen LogP contribution in [-0.2, 0) is 15.9 Å². The van der Waals surface area contributed by atoms with E-state index < -0.39 is 5.82 Å². The fourth-order valence-electron chi connectivity index (χ4n) is 7.81. The van der Waals surface area contributed by atoms with Gasteiger partial charge in [-0.25, -0.2) is 4.39 Å². The van der Waals surface area contributed by atoms with Crippen LogP contribution < -0.4 is 9.64 Å². The Labute approximate surface area is 256 Å². The van der Waals surface area contributed by atoms with Crippen molar-refractivity contribution in [3.05, 3.63) is 35.4 Å². The van der Waals surface area contributed by atoms with Gasteiger partial charge in [0.15, 0.2) is 5.82 Å². The molecule has 5 aliphatic rings. The fraction of sp³-hybridized carbons (Fsp3) is 0.576. The number of piperidine rings is 1. The number of morpholine rings is 1. The summed E-state index contributed by atoms with van der Waals surface area (Å²) in [6.45, 7) is 8.04. The molecule has 1 N–H and O–H groups in total. The standard InChI is InChI=1S/C33H40FN7O3/c1-20-13-27-25(15-36-39-27)28-24(20)6-2-3-11-42-17-21-5-4-9-40(16-21)32-26-14-35-31(28)29(34)30(26)37-33(38-32)44-19-23-8-7-22-18-43-12-10-41(22)23/h13-15,21-23H,2-12,16-19H2,1H3,(H,36,39)/t21-,22+,23+/m1/s1. The minimum absolute atomic E-state index is 0.220. The molecule has 3 aromatic heterocycles. The Morgan fingerprint density at radius 2 is 1.95 bits per heavy atom. The minimum atomic E-state index is -0.441. The van der Waals surface area contributed by atoms with Crippen LogP contribution in [0.4, 0.5) is 10.2 Å². The predicted octanol–water partition coefficient (Wildman–Crippen LogP) is 4.83. The number of aromatic nitrogens is 5. The van der Waals surface area contributed by atoms with Crippen LogP contribution in [0.25, 0.3) is 33.1 Å². The zero-order valence-corrected chi connectivity index (χ0v) is 25.4. The second-order valence-electron chi connectivity index (χ2n) is 12.9. The Kier molecular flexibility index (Phi) is 7.55. The maximum atomic E-state index is 17.0. The van der Waals surface area contributed by atoms with Crippen LogP contribution in [-0.4, -0.2) is 94.8 Å². The summed E-state index contributed by atoms with van der Waals surface area (Å²) < 4.78 is 35.2. The quantitative estimate of drug-likeness (QED) is 0.354. The number of aromatic amines is 1. The van der Waals surface area contributed by atoms with Crippen molar-refractivity contribution < 1.29 is 18.6 Å². The topological polar surface area (TPSA) is 102 Å². The van der Waals surface area contributed by atoms with E-state index in [-0.39, 0.29) is 17.6 Å². The molecule has 44 heavy (non-hydrogen) atoms. The maximum absolute atomic E-state index is 17.0. The molecule has 0 radical (unpaired) electrons. The zero-order chi connectivity index (χ0) is 29.6. The van der Waals surface area contributed by atoms with Gasteiger partial charge in [-0.05, 0) is 75.0 Å². The van der Waals surface area contributed by atoms with E-state index in [9.17, 15) is 0 Å². The van der Waals surface area contributed by atoms with Gasteiger partial charge in [0.25, 0.3) is 0 Å². The molecular formula is C33H40FN7O3. The number of ether oxygens (including phenoxy) is 3. The molecule has 9 rings (SSSR count). The normalized spacial score (nSPS) is 24.7. The number of aryl methyl sites for hydroxylation is 1. The van der Waals surface area contributed by atoms with Crippen LogP contribution in [0.5, 0.6) is 6.01 Å². The monoisotopic (exact) mass is 601 g/mol. The second kappa shape index (κ2) is 11.8. The van der Waals surface area contributed by atoms with Gasteiger partial charge < -0.3 is 19.1 Å². The van der Waals surface area contributed by atoms with Gasteiger partial charge in [0, 0.05) is 55.5 Å². The molecule has 11 heteroatoms. The van der Waals surface area contributed by atoms with Crippen molar-refractivity contribution in [3.63, 3.8) is 0 Å². The molecule has 3 fully saturated rings. The molecule has 3 atom stereocenters. The molecule has 0 unspecified atom stereocenters.